The molecule has 0 heterocycles. The monoisotopic (exact) mass is 418 g/mol. The third-order valence-corrected chi connectivity index (χ3v) is 4.53. The summed E-state index contributed by atoms with van der Waals surface area (Å²) in [6.07, 6.45) is 0. The Bertz CT molecular complexity index is 788. The Hall–Kier alpha value is -2.34. The molecule has 0 radical (unpaired) electrons. The number of nitrogens with one attached hydrogen (secondary N) is 1. The largest absolute Gasteiger partial charge is 0.493 e. The molecule has 0 fully saturated rings. The van der Waals surface area contributed by atoms with E-state index in [-0.39, 0.29) is 11.8 Å². The van der Waals surface area contributed by atoms with Gasteiger partial charge in [-0.2, -0.15) is 0 Å². The highest BCUT2D eigenvalue weighted by molar-refractivity contribution is 9.10. The van der Waals surface area contributed by atoms with Crippen molar-refractivity contribution in [3.63, 3.8) is 0 Å². The molecule has 0 aromatic heterocycles. The molecule has 26 heavy (non-hydrogen) atoms. The Morgan fingerprint density at radius 2 is 1.77 bits per heavy atom. The van der Waals surface area contributed by atoms with Crippen LogP contribution in [0.15, 0.2) is 46.9 Å². The van der Waals surface area contributed by atoms with E-state index in [0.717, 1.165) is 4.47 Å². The smallest absolute Gasteiger partial charge is 0.255 e. The second-order valence-corrected chi connectivity index (χ2v) is 6.44. The summed E-state index contributed by atoms with van der Waals surface area (Å²) in [5, 5.41) is 2.84. The first kappa shape index (κ1) is 20.0. The lowest BCUT2D eigenvalue weighted by Crippen LogP contribution is -2.30. The van der Waals surface area contributed by atoms with Crippen molar-refractivity contribution in [2.24, 2.45) is 0 Å². The van der Waals surface area contributed by atoms with Crippen LogP contribution in [0.4, 0.5) is 5.69 Å². The zero-order chi connectivity index (χ0) is 19.1. The van der Waals surface area contributed by atoms with Crippen LogP contribution in [0.2, 0.25) is 0 Å². The van der Waals surface area contributed by atoms with Crippen LogP contribution >= 0.6 is 15.9 Å². The summed E-state index contributed by atoms with van der Waals surface area (Å²) in [5.74, 6) is 0.395. The van der Waals surface area contributed by atoms with E-state index in [1.54, 1.807) is 47.4 Å². The summed E-state index contributed by atoms with van der Waals surface area (Å²) >= 11 is 3.41. The minimum absolute atomic E-state index is 0.0464. The number of carbonyl (C=O) groups excluding carboxylic acids is 2. The van der Waals surface area contributed by atoms with Crippen molar-refractivity contribution < 1.29 is 14.3 Å². The second kappa shape index (κ2) is 9.38. The van der Waals surface area contributed by atoms with Crippen molar-refractivity contribution in [1.82, 2.24) is 4.90 Å². The third kappa shape index (κ3) is 4.85. The summed E-state index contributed by atoms with van der Waals surface area (Å²) in [4.78, 5) is 26.7. The fourth-order valence-corrected chi connectivity index (χ4v) is 3.03. The zero-order valence-electron chi connectivity index (χ0n) is 15.2. The average molecular weight is 419 g/mol. The molecule has 0 atom stereocenters. The summed E-state index contributed by atoms with van der Waals surface area (Å²) in [5.41, 5.74) is 1.64. The van der Waals surface area contributed by atoms with Gasteiger partial charge in [-0.15, -0.1) is 0 Å². The highest BCUT2D eigenvalue weighted by atomic mass is 79.9. The Labute approximate surface area is 162 Å². The van der Waals surface area contributed by atoms with Gasteiger partial charge >= 0.3 is 0 Å². The molecular weight excluding hydrogens is 396 g/mol. The molecule has 2 aromatic carbocycles. The van der Waals surface area contributed by atoms with E-state index in [2.05, 4.69) is 21.2 Å². The van der Waals surface area contributed by atoms with Crippen LogP contribution in [0.5, 0.6) is 5.75 Å². The topological polar surface area (TPSA) is 58.6 Å². The molecular formula is C20H23BrN2O3. The van der Waals surface area contributed by atoms with Crippen LogP contribution in [0.25, 0.3) is 0 Å². The number of anilines is 1. The van der Waals surface area contributed by atoms with Gasteiger partial charge in [-0.25, -0.2) is 0 Å². The summed E-state index contributed by atoms with van der Waals surface area (Å²) < 4.78 is 6.17. The maximum absolute atomic E-state index is 12.5. The number of ether oxygens (including phenoxy) is 1. The van der Waals surface area contributed by atoms with Gasteiger partial charge in [0, 0.05) is 29.9 Å². The second-order valence-electron chi connectivity index (χ2n) is 5.59. The molecule has 2 aromatic rings. The van der Waals surface area contributed by atoms with E-state index in [1.165, 1.54) is 0 Å². The van der Waals surface area contributed by atoms with Crippen LogP contribution in [-0.2, 0) is 0 Å². The van der Waals surface area contributed by atoms with E-state index in [1.807, 2.05) is 20.8 Å². The van der Waals surface area contributed by atoms with Crippen molar-refractivity contribution >= 4 is 33.4 Å². The van der Waals surface area contributed by atoms with Gasteiger partial charge in [0.2, 0.25) is 0 Å². The standard InChI is InChI=1S/C20H23BrN2O3/c1-4-23(5-2)20(25)15-8-7-9-16(12-15)22-19(24)14-10-11-18(26-6-3)17(21)13-14/h7-13H,4-6H2,1-3H3,(H,22,24). The number of amides is 2. The first-order valence-electron chi connectivity index (χ1n) is 8.63. The molecule has 0 saturated heterocycles. The number of rotatable bonds is 7. The number of halogens is 1. The molecule has 0 aliphatic heterocycles. The van der Waals surface area contributed by atoms with E-state index >= 15 is 0 Å². The quantitative estimate of drug-likeness (QED) is 0.715. The molecule has 2 amide bonds. The van der Waals surface area contributed by atoms with Gasteiger partial charge in [0.1, 0.15) is 5.75 Å². The fraction of sp³-hybridized carbons (Fsp3) is 0.300. The molecule has 0 unspecified atom stereocenters. The fourth-order valence-electron chi connectivity index (χ4n) is 2.54. The highest BCUT2D eigenvalue weighted by Crippen LogP contribution is 2.26. The van der Waals surface area contributed by atoms with Crippen molar-refractivity contribution in [3.05, 3.63) is 58.1 Å². The first-order valence-corrected chi connectivity index (χ1v) is 9.42. The van der Waals surface area contributed by atoms with Gasteiger partial charge in [0.15, 0.2) is 0 Å². The minimum atomic E-state index is -0.249. The third-order valence-electron chi connectivity index (χ3n) is 3.91. The van der Waals surface area contributed by atoms with Gasteiger partial charge in [0.05, 0.1) is 11.1 Å². The normalized spacial score (nSPS) is 10.3. The summed E-state index contributed by atoms with van der Waals surface area (Å²) in [6.45, 7) is 7.63. The van der Waals surface area contributed by atoms with E-state index in [4.69, 9.17) is 4.74 Å². The maximum atomic E-state index is 12.5. The van der Waals surface area contributed by atoms with Crippen molar-refractivity contribution in [2.75, 3.05) is 25.0 Å². The first-order chi connectivity index (χ1) is 12.5. The molecule has 5 nitrogen and oxygen atoms in total. The molecule has 1 N–H and O–H groups in total. The van der Waals surface area contributed by atoms with Gasteiger partial charge in [-0.05, 0) is 73.1 Å². The van der Waals surface area contributed by atoms with Gasteiger partial charge in [-0.3, -0.25) is 9.59 Å². The lowest BCUT2D eigenvalue weighted by molar-refractivity contribution is 0.0772. The van der Waals surface area contributed by atoms with Gasteiger partial charge in [0.25, 0.3) is 11.8 Å². The van der Waals surface area contributed by atoms with E-state index in [9.17, 15) is 9.59 Å². The summed E-state index contributed by atoms with van der Waals surface area (Å²) in [7, 11) is 0. The Kier molecular flexibility index (Phi) is 7.21. The summed E-state index contributed by atoms with van der Waals surface area (Å²) in [6, 6.07) is 12.1. The lowest BCUT2D eigenvalue weighted by Gasteiger charge is -2.19. The predicted octanol–water partition coefficient (Wildman–Crippen LogP) is 4.58. The molecule has 138 valence electrons. The Morgan fingerprint density at radius 3 is 2.38 bits per heavy atom. The van der Waals surface area contributed by atoms with Crippen LogP contribution in [0.1, 0.15) is 41.5 Å². The van der Waals surface area contributed by atoms with Gasteiger partial charge in [-0.1, -0.05) is 6.07 Å². The van der Waals surface area contributed by atoms with Crippen LogP contribution in [-0.4, -0.2) is 36.4 Å². The maximum Gasteiger partial charge on any atom is 0.255 e. The van der Waals surface area contributed by atoms with Crippen molar-refractivity contribution in [2.45, 2.75) is 20.8 Å². The predicted molar refractivity (Wildman–Crippen MR) is 107 cm³/mol. The minimum Gasteiger partial charge on any atom is -0.493 e. The molecule has 0 spiro atoms. The zero-order valence-corrected chi connectivity index (χ0v) is 16.8. The van der Waals surface area contributed by atoms with E-state index in [0.29, 0.717) is 42.3 Å². The molecule has 0 aliphatic carbocycles. The highest BCUT2D eigenvalue weighted by Gasteiger charge is 2.14. The molecule has 6 heteroatoms. The van der Waals surface area contributed by atoms with Gasteiger partial charge < -0.3 is 15.0 Å². The van der Waals surface area contributed by atoms with Crippen molar-refractivity contribution in [1.29, 1.82) is 0 Å². The Balaban J connectivity index is 2.16. The van der Waals surface area contributed by atoms with Crippen LogP contribution < -0.4 is 10.1 Å². The lowest BCUT2D eigenvalue weighted by atomic mass is 10.1. The van der Waals surface area contributed by atoms with Crippen molar-refractivity contribution in [3.8, 4) is 5.75 Å². The SMILES string of the molecule is CCOc1ccc(C(=O)Nc2cccc(C(=O)N(CC)CC)c2)cc1Br. The van der Waals surface area contributed by atoms with Crippen LogP contribution in [0, 0.1) is 0 Å². The number of hydrogen-bond donors (Lipinski definition) is 1. The van der Waals surface area contributed by atoms with E-state index < -0.39 is 0 Å². The average Bonchev–Trinajstić information content (AvgIpc) is 2.64. The molecule has 0 aliphatic rings. The molecule has 0 bridgehead atoms. The number of nitrogens with zero attached hydrogens (tertiary/aromatic N) is 1. The number of carbonyl (C=O) groups is 2. The number of hydrogen-bond acceptors (Lipinski definition) is 3. The molecule has 0 saturated carbocycles. The number of benzene rings is 2. The van der Waals surface area contributed by atoms with Crippen LogP contribution in [0.3, 0.4) is 0 Å². The Morgan fingerprint density at radius 1 is 1.04 bits per heavy atom. The molecule has 2 rings (SSSR count).